The Morgan fingerprint density at radius 3 is 2.57 bits per heavy atom. The third-order valence-electron chi connectivity index (χ3n) is 4.78. The molecule has 5 nitrogen and oxygen atoms in total. The van der Waals surface area contributed by atoms with Crippen LogP contribution in [0.15, 0.2) is 47.5 Å². The highest BCUT2D eigenvalue weighted by Gasteiger charge is 2.49. The van der Waals surface area contributed by atoms with Gasteiger partial charge < -0.3 is 10.5 Å². The van der Waals surface area contributed by atoms with E-state index < -0.39 is 24.7 Å². The van der Waals surface area contributed by atoms with Crippen molar-refractivity contribution in [3.63, 3.8) is 0 Å². The smallest absolute Gasteiger partial charge is 0.387 e. The number of nitrogens with zero attached hydrogens (tertiary/aromatic N) is 2. The van der Waals surface area contributed by atoms with Crippen LogP contribution in [0, 0.1) is 18.8 Å². The fourth-order valence-corrected chi connectivity index (χ4v) is 3.32. The molecule has 1 aliphatic rings. The molecule has 0 saturated heterocycles. The first-order chi connectivity index (χ1) is 14.3. The fourth-order valence-electron chi connectivity index (χ4n) is 3.32. The summed E-state index contributed by atoms with van der Waals surface area (Å²) in [6.45, 7) is -1.91. The van der Waals surface area contributed by atoms with Gasteiger partial charge in [-0.2, -0.15) is 8.78 Å². The zero-order valence-electron chi connectivity index (χ0n) is 16.5. The summed E-state index contributed by atoms with van der Waals surface area (Å²) < 4.78 is 42.1. The predicted octanol–water partition coefficient (Wildman–Crippen LogP) is 3.34. The van der Waals surface area contributed by atoms with E-state index >= 15 is 0 Å². The van der Waals surface area contributed by atoms with Crippen LogP contribution in [0.4, 0.5) is 13.2 Å². The number of aryl methyl sites for hydroxylation is 1. The summed E-state index contributed by atoms with van der Waals surface area (Å²) in [5.41, 5.74) is 6.42. The standard InChI is InChI=1S/C22H20F3N3O2/c1-14-12-17(9-10-18(14)30-20(24)25)22(19(29)28(2)21(26)27-22)16-8-5-7-15(13-16)6-3-4-11-23/h5,7-10,12-13,20H,4,11H2,1-2H3,(H2,26,27)/t22-/m0/s1. The molecule has 2 aromatic rings. The first-order valence-corrected chi connectivity index (χ1v) is 9.14. The van der Waals surface area contributed by atoms with Gasteiger partial charge in [0, 0.05) is 19.0 Å². The van der Waals surface area contributed by atoms with Gasteiger partial charge in [0.1, 0.15) is 12.4 Å². The zero-order valence-corrected chi connectivity index (χ0v) is 16.5. The third kappa shape index (κ3) is 3.83. The number of alkyl halides is 3. The Balaban J connectivity index is 2.16. The SMILES string of the molecule is Cc1cc([C@]2(c3cccc(C#CCCF)c3)N=C(N)N(C)C2=O)ccc1OC(F)F. The van der Waals surface area contributed by atoms with Gasteiger partial charge in [0.05, 0.1) is 0 Å². The highest BCUT2D eigenvalue weighted by atomic mass is 19.3. The summed E-state index contributed by atoms with van der Waals surface area (Å²) in [5, 5.41) is 0. The Kier molecular flexibility index (Phi) is 6.01. The molecule has 0 aliphatic carbocycles. The number of nitrogens with two attached hydrogens (primary N) is 1. The minimum atomic E-state index is -2.96. The molecule has 2 N–H and O–H groups in total. The molecule has 156 valence electrons. The molecule has 1 aliphatic heterocycles. The van der Waals surface area contributed by atoms with Gasteiger partial charge in [-0.3, -0.25) is 14.1 Å². The predicted molar refractivity (Wildman–Crippen MR) is 107 cm³/mol. The van der Waals surface area contributed by atoms with Gasteiger partial charge in [-0.15, -0.1) is 0 Å². The van der Waals surface area contributed by atoms with Crippen molar-refractivity contribution >= 4 is 11.9 Å². The van der Waals surface area contributed by atoms with Gasteiger partial charge in [0.25, 0.3) is 5.91 Å². The van der Waals surface area contributed by atoms with Gasteiger partial charge in [0.2, 0.25) is 0 Å². The van der Waals surface area contributed by atoms with Crippen LogP contribution in [0.25, 0.3) is 0 Å². The second kappa shape index (κ2) is 8.49. The van der Waals surface area contributed by atoms with Crippen molar-refractivity contribution in [3.8, 4) is 17.6 Å². The van der Waals surface area contributed by atoms with Gasteiger partial charge in [-0.25, -0.2) is 4.99 Å². The van der Waals surface area contributed by atoms with Crippen molar-refractivity contribution in [1.82, 2.24) is 4.90 Å². The van der Waals surface area contributed by atoms with Crippen LogP contribution in [0.2, 0.25) is 0 Å². The summed E-state index contributed by atoms with van der Waals surface area (Å²) in [6, 6.07) is 11.3. The molecular weight excluding hydrogens is 395 g/mol. The fraction of sp³-hybridized carbons (Fsp3) is 0.273. The normalized spacial score (nSPS) is 18.3. The Morgan fingerprint density at radius 2 is 1.97 bits per heavy atom. The van der Waals surface area contributed by atoms with Crippen molar-refractivity contribution < 1.29 is 22.7 Å². The van der Waals surface area contributed by atoms with E-state index in [1.165, 1.54) is 24.1 Å². The number of hydrogen-bond acceptors (Lipinski definition) is 4. The van der Waals surface area contributed by atoms with Gasteiger partial charge in [0.15, 0.2) is 11.5 Å². The average Bonchev–Trinajstić information content (AvgIpc) is 2.94. The van der Waals surface area contributed by atoms with E-state index in [2.05, 4.69) is 21.6 Å². The second-order valence-electron chi connectivity index (χ2n) is 6.72. The van der Waals surface area contributed by atoms with E-state index in [0.717, 1.165) is 0 Å². The summed E-state index contributed by atoms with van der Waals surface area (Å²) in [5.74, 6) is 5.22. The molecule has 0 spiro atoms. The molecule has 0 saturated carbocycles. The van der Waals surface area contributed by atoms with E-state index in [4.69, 9.17) is 5.73 Å². The van der Waals surface area contributed by atoms with E-state index in [9.17, 15) is 18.0 Å². The van der Waals surface area contributed by atoms with Crippen LogP contribution in [0.1, 0.15) is 28.7 Å². The molecule has 0 radical (unpaired) electrons. The molecule has 1 heterocycles. The van der Waals surface area contributed by atoms with Crippen LogP contribution >= 0.6 is 0 Å². The highest BCUT2D eigenvalue weighted by molar-refractivity contribution is 6.09. The summed E-state index contributed by atoms with van der Waals surface area (Å²) in [4.78, 5) is 19.0. The van der Waals surface area contributed by atoms with E-state index in [1.807, 2.05) is 0 Å². The first kappa shape index (κ1) is 21.2. The summed E-state index contributed by atoms with van der Waals surface area (Å²) in [6.07, 6.45) is 0.104. The Morgan fingerprint density at radius 1 is 1.23 bits per heavy atom. The Hall–Kier alpha value is -3.47. The summed E-state index contributed by atoms with van der Waals surface area (Å²) in [7, 11) is 1.51. The molecule has 0 bridgehead atoms. The van der Waals surface area contributed by atoms with Crippen LogP contribution in [0.3, 0.4) is 0 Å². The number of aliphatic imine (C=N–C) groups is 1. The van der Waals surface area contributed by atoms with E-state index in [1.54, 1.807) is 37.3 Å². The number of rotatable bonds is 5. The highest BCUT2D eigenvalue weighted by Crippen LogP contribution is 2.41. The topological polar surface area (TPSA) is 67.9 Å². The maximum absolute atomic E-state index is 13.3. The number of hydrogen-bond donors (Lipinski definition) is 1. The molecule has 30 heavy (non-hydrogen) atoms. The lowest BCUT2D eigenvalue weighted by Crippen LogP contribution is -2.41. The molecule has 0 unspecified atom stereocenters. The van der Waals surface area contributed by atoms with Gasteiger partial charge in [-0.05, 0) is 47.9 Å². The third-order valence-corrected chi connectivity index (χ3v) is 4.78. The summed E-state index contributed by atoms with van der Waals surface area (Å²) >= 11 is 0. The molecule has 8 heteroatoms. The van der Waals surface area contributed by atoms with Gasteiger partial charge in [-0.1, -0.05) is 30.0 Å². The number of halogens is 3. The zero-order chi connectivity index (χ0) is 21.9. The van der Waals surface area contributed by atoms with Gasteiger partial charge >= 0.3 is 6.61 Å². The van der Waals surface area contributed by atoms with Crippen molar-refractivity contribution in [2.75, 3.05) is 13.7 Å². The lowest BCUT2D eigenvalue weighted by atomic mass is 9.81. The number of carbonyl (C=O) groups excluding carboxylic acids is 1. The van der Waals surface area contributed by atoms with Crippen LogP contribution in [-0.4, -0.2) is 37.1 Å². The first-order valence-electron chi connectivity index (χ1n) is 9.14. The monoisotopic (exact) mass is 415 g/mol. The average molecular weight is 415 g/mol. The number of amides is 1. The van der Waals surface area contributed by atoms with Crippen molar-refractivity contribution in [3.05, 3.63) is 64.7 Å². The number of guanidine groups is 1. The maximum atomic E-state index is 13.3. The van der Waals surface area contributed by atoms with Crippen LogP contribution in [0.5, 0.6) is 5.75 Å². The van der Waals surface area contributed by atoms with Crippen molar-refractivity contribution in [2.45, 2.75) is 25.5 Å². The van der Waals surface area contributed by atoms with Crippen molar-refractivity contribution in [1.29, 1.82) is 0 Å². The Labute approximate surface area is 172 Å². The lowest BCUT2D eigenvalue weighted by Gasteiger charge is -2.27. The lowest BCUT2D eigenvalue weighted by molar-refractivity contribution is -0.129. The van der Waals surface area contributed by atoms with E-state index in [-0.39, 0.29) is 18.1 Å². The second-order valence-corrected chi connectivity index (χ2v) is 6.72. The van der Waals surface area contributed by atoms with Crippen molar-refractivity contribution in [2.24, 2.45) is 10.7 Å². The van der Waals surface area contributed by atoms with Crippen LogP contribution in [-0.2, 0) is 10.3 Å². The quantitative estimate of drug-likeness (QED) is 0.762. The number of benzene rings is 2. The molecule has 1 amide bonds. The molecule has 1 atom stereocenters. The molecule has 2 aromatic carbocycles. The largest absolute Gasteiger partial charge is 0.435 e. The molecule has 0 aromatic heterocycles. The van der Waals surface area contributed by atoms with Crippen LogP contribution < -0.4 is 10.5 Å². The minimum absolute atomic E-state index is 0.00509. The number of carbonyl (C=O) groups is 1. The van der Waals surface area contributed by atoms with E-state index in [0.29, 0.717) is 22.3 Å². The molecule has 3 rings (SSSR count). The minimum Gasteiger partial charge on any atom is -0.435 e. The molecule has 0 fully saturated rings. The number of likely N-dealkylation sites (N-methyl/N-ethyl adjacent to an activating group) is 1. The number of ether oxygens (including phenoxy) is 1. The molecular formula is C22H20F3N3O2. The Bertz CT molecular complexity index is 1060. The maximum Gasteiger partial charge on any atom is 0.387 e.